The van der Waals surface area contributed by atoms with Gasteiger partial charge in [-0.05, 0) is 30.7 Å². The van der Waals surface area contributed by atoms with E-state index in [0.717, 1.165) is 6.42 Å². The molecule has 0 aromatic heterocycles. The SMILES string of the molecule is CCCCCCCCCCCCCCCCCCCCCCCCCCCCCCCCCCCCCCCNC(=O)Nc1ccc(O)cc1. The highest BCUT2D eigenvalue weighted by atomic mass is 16.3. The largest absolute Gasteiger partial charge is 0.508 e. The Morgan fingerprint density at radius 1 is 0.400 bits per heavy atom. The number of aromatic hydroxyl groups is 1. The van der Waals surface area contributed by atoms with Crippen LogP contribution in [0, 0.1) is 0 Å². The molecule has 3 N–H and O–H groups in total. The molecule has 0 radical (unpaired) electrons. The Morgan fingerprint density at radius 2 is 0.640 bits per heavy atom. The first-order valence-corrected chi connectivity index (χ1v) is 22.6. The van der Waals surface area contributed by atoms with Crippen molar-refractivity contribution in [3.8, 4) is 5.75 Å². The molecule has 0 aliphatic heterocycles. The lowest BCUT2D eigenvalue weighted by molar-refractivity contribution is 0.252. The molecule has 0 unspecified atom stereocenters. The number of unbranched alkanes of at least 4 members (excludes halogenated alkanes) is 36. The average Bonchev–Trinajstić information content (AvgIpc) is 3.12. The van der Waals surface area contributed by atoms with Crippen molar-refractivity contribution in [3.63, 3.8) is 0 Å². The smallest absolute Gasteiger partial charge is 0.319 e. The van der Waals surface area contributed by atoms with E-state index in [1.807, 2.05) is 0 Å². The topological polar surface area (TPSA) is 61.4 Å². The Hall–Kier alpha value is -1.71. The van der Waals surface area contributed by atoms with Crippen LogP contribution in [0.2, 0.25) is 0 Å². The second kappa shape index (κ2) is 38.5. The molecule has 4 nitrogen and oxygen atoms in total. The Balaban J connectivity index is 1.64. The number of hydrogen-bond acceptors (Lipinski definition) is 2. The van der Waals surface area contributed by atoms with Gasteiger partial charge in [0.1, 0.15) is 5.75 Å². The molecule has 1 aromatic carbocycles. The van der Waals surface area contributed by atoms with Crippen molar-refractivity contribution in [2.24, 2.45) is 0 Å². The third kappa shape index (κ3) is 34.7. The van der Waals surface area contributed by atoms with Gasteiger partial charge < -0.3 is 15.7 Å². The number of phenols is 1. The molecule has 0 aliphatic rings. The molecule has 292 valence electrons. The van der Waals surface area contributed by atoms with Gasteiger partial charge in [0.25, 0.3) is 0 Å². The molecule has 0 spiro atoms. The van der Waals surface area contributed by atoms with Crippen LogP contribution in [0.25, 0.3) is 0 Å². The van der Waals surface area contributed by atoms with Crippen LogP contribution in [0.15, 0.2) is 24.3 Å². The summed E-state index contributed by atoms with van der Waals surface area (Å²) in [5.74, 6) is 0.202. The Bertz CT molecular complexity index is 811. The van der Waals surface area contributed by atoms with E-state index >= 15 is 0 Å². The standard InChI is InChI=1S/C46H86N2O2/c1-2-3-4-5-6-7-8-9-10-11-12-13-14-15-16-17-18-19-20-21-22-23-24-25-26-27-28-29-30-31-32-33-34-35-36-37-38-43-47-46(50)48-44-39-41-45(49)42-40-44/h39-42,49H,2-38,43H2,1H3,(H2,47,48,50). The number of carbonyl (C=O) groups excluding carboxylic acids is 1. The van der Waals surface area contributed by atoms with Gasteiger partial charge in [-0.2, -0.15) is 0 Å². The summed E-state index contributed by atoms with van der Waals surface area (Å²) in [6.45, 7) is 3.02. The summed E-state index contributed by atoms with van der Waals surface area (Å²) in [7, 11) is 0. The summed E-state index contributed by atoms with van der Waals surface area (Å²) >= 11 is 0. The number of anilines is 1. The van der Waals surface area contributed by atoms with E-state index in [1.165, 1.54) is 231 Å². The van der Waals surface area contributed by atoms with Crippen molar-refractivity contribution in [2.45, 2.75) is 244 Å². The van der Waals surface area contributed by atoms with Gasteiger partial charge >= 0.3 is 6.03 Å². The first kappa shape index (κ1) is 46.3. The maximum absolute atomic E-state index is 11.9. The molecule has 0 fully saturated rings. The number of rotatable bonds is 39. The first-order chi connectivity index (χ1) is 24.7. The molecule has 0 aliphatic carbocycles. The number of nitrogens with one attached hydrogen (secondary N) is 2. The number of urea groups is 1. The third-order valence-electron chi connectivity index (χ3n) is 10.7. The number of phenolic OH excluding ortho intramolecular Hbond substituents is 1. The molecule has 50 heavy (non-hydrogen) atoms. The van der Waals surface area contributed by atoms with Crippen molar-refractivity contribution in [1.29, 1.82) is 0 Å². The fraction of sp³-hybridized carbons (Fsp3) is 0.848. The van der Waals surface area contributed by atoms with Crippen LogP contribution >= 0.6 is 0 Å². The van der Waals surface area contributed by atoms with Gasteiger partial charge in [0.15, 0.2) is 0 Å². The van der Waals surface area contributed by atoms with Gasteiger partial charge in [-0.1, -0.05) is 238 Å². The zero-order chi connectivity index (χ0) is 35.8. The molecular formula is C46H86N2O2. The van der Waals surface area contributed by atoms with Gasteiger partial charge in [-0.15, -0.1) is 0 Å². The van der Waals surface area contributed by atoms with Gasteiger partial charge in [0.2, 0.25) is 0 Å². The van der Waals surface area contributed by atoms with Gasteiger partial charge in [-0.3, -0.25) is 0 Å². The predicted octanol–water partition coefficient (Wildman–Crippen LogP) is 16.0. The number of amides is 2. The quantitative estimate of drug-likeness (QED) is 0.0473. The minimum atomic E-state index is -0.179. The molecule has 0 atom stereocenters. The monoisotopic (exact) mass is 699 g/mol. The second-order valence-corrected chi connectivity index (χ2v) is 15.7. The van der Waals surface area contributed by atoms with Crippen molar-refractivity contribution >= 4 is 11.7 Å². The van der Waals surface area contributed by atoms with Gasteiger partial charge in [0.05, 0.1) is 0 Å². The van der Waals surface area contributed by atoms with E-state index in [-0.39, 0.29) is 11.8 Å². The van der Waals surface area contributed by atoms with Crippen LogP contribution in [-0.2, 0) is 0 Å². The highest BCUT2D eigenvalue weighted by Gasteiger charge is 2.01. The van der Waals surface area contributed by atoms with E-state index in [1.54, 1.807) is 24.3 Å². The van der Waals surface area contributed by atoms with Crippen molar-refractivity contribution in [1.82, 2.24) is 5.32 Å². The lowest BCUT2D eigenvalue weighted by Crippen LogP contribution is -2.29. The predicted molar refractivity (Wildman–Crippen MR) is 222 cm³/mol. The summed E-state index contributed by atoms with van der Waals surface area (Å²) in [6, 6.07) is 6.35. The Morgan fingerprint density at radius 3 is 0.900 bits per heavy atom. The molecule has 4 heteroatoms. The third-order valence-corrected chi connectivity index (χ3v) is 10.7. The van der Waals surface area contributed by atoms with Crippen molar-refractivity contribution in [2.75, 3.05) is 11.9 Å². The summed E-state index contributed by atoms with van der Waals surface area (Å²) in [4.78, 5) is 11.9. The van der Waals surface area contributed by atoms with Crippen LogP contribution < -0.4 is 10.6 Å². The van der Waals surface area contributed by atoms with Crippen molar-refractivity contribution in [3.05, 3.63) is 24.3 Å². The van der Waals surface area contributed by atoms with E-state index in [4.69, 9.17) is 0 Å². The average molecular weight is 699 g/mol. The normalized spacial score (nSPS) is 11.3. The van der Waals surface area contributed by atoms with Gasteiger partial charge in [-0.25, -0.2) is 4.79 Å². The molecule has 1 aromatic rings. The van der Waals surface area contributed by atoms with E-state index < -0.39 is 0 Å². The van der Waals surface area contributed by atoms with Crippen LogP contribution in [0.4, 0.5) is 10.5 Å². The number of benzene rings is 1. The Labute approximate surface area is 312 Å². The molecule has 0 bridgehead atoms. The molecule has 0 heterocycles. The fourth-order valence-corrected chi connectivity index (χ4v) is 7.31. The highest BCUT2D eigenvalue weighted by Crippen LogP contribution is 2.18. The minimum absolute atomic E-state index is 0.179. The summed E-state index contributed by atoms with van der Waals surface area (Å²) in [5, 5.41) is 15.0. The molecule has 2 amide bonds. The first-order valence-electron chi connectivity index (χ1n) is 22.6. The molecule has 0 saturated carbocycles. The minimum Gasteiger partial charge on any atom is -0.508 e. The molecule has 0 saturated heterocycles. The molecular weight excluding hydrogens is 613 g/mol. The maximum Gasteiger partial charge on any atom is 0.319 e. The van der Waals surface area contributed by atoms with Crippen LogP contribution in [-0.4, -0.2) is 17.7 Å². The zero-order valence-corrected chi connectivity index (χ0v) is 33.5. The summed E-state index contributed by atoms with van der Waals surface area (Å²) < 4.78 is 0. The lowest BCUT2D eigenvalue weighted by atomic mass is 10.0. The van der Waals surface area contributed by atoms with E-state index in [2.05, 4.69) is 17.6 Å². The van der Waals surface area contributed by atoms with Crippen LogP contribution in [0.5, 0.6) is 5.75 Å². The fourth-order valence-electron chi connectivity index (χ4n) is 7.31. The van der Waals surface area contributed by atoms with Crippen LogP contribution in [0.1, 0.15) is 244 Å². The second-order valence-electron chi connectivity index (χ2n) is 15.7. The molecule has 1 rings (SSSR count). The van der Waals surface area contributed by atoms with Crippen molar-refractivity contribution < 1.29 is 9.90 Å². The van der Waals surface area contributed by atoms with Crippen LogP contribution in [0.3, 0.4) is 0 Å². The maximum atomic E-state index is 11.9. The Kier molecular flexibility index (Phi) is 35.7. The lowest BCUT2D eigenvalue weighted by Gasteiger charge is -2.07. The highest BCUT2D eigenvalue weighted by molar-refractivity contribution is 5.89. The summed E-state index contributed by atoms with van der Waals surface area (Å²) in [6.07, 6.45) is 52.8. The summed E-state index contributed by atoms with van der Waals surface area (Å²) in [5.41, 5.74) is 0.692. The number of carbonyl (C=O) groups is 1. The zero-order valence-electron chi connectivity index (χ0n) is 33.5. The van der Waals surface area contributed by atoms with Gasteiger partial charge in [0, 0.05) is 12.2 Å². The number of hydrogen-bond donors (Lipinski definition) is 3. The van der Waals surface area contributed by atoms with E-state index in [9.17, 15) is 9.90 Å². The van der Waals surface area contributed by atoms with E-state index in [0.29, 0.717) is 12.2 Å².